The molecule has 5 rings (SSSR count). The van der Waals surface area contributed by atoms with Gasteiger partial charge in [-0.15, -0.1) is 5.10 Å². The average Bonchev–Trinajstić information content (AvgIpc) is 3.35. The zero-order chi connectivity index (χ0) is 28.7. The zero-order valence-corrected chi connectivity index (χ0v) is 20.4. The van der Waals surface area contributed by atoms with Crippen molar-refractivity contribution < 1.29 is 35.5 Å². The number of hydrogen-bond donors (Lipinski definition) is 2. The summed E-state index contributed by atoms with van der Waals surface area (Å²) in [7, 11) is 0. The second-order valence-corrected chi connectivity index (χ2v) is 9.06. The first-order valence-corrected chi connectivity index (χ1v) is 11.9. The molecule has 4 aromatic rings. The molecule has 2 N–H and O–H groups in total. The van der Waals surface area contributed by atoms with E-state index in [0.717, 1.165) is 43.7 Å². The van der Waals surface area contributed by atoms with Crippen molar-refractivity contribution in [2.45, 2.75) is 18.9 Å². The third-order valence-corrected chi connectivity index (χ3v) is 6.26. The lowest BCUT2D eigenvalue weighted by Crippen LogP contribution is -2.42. The minimum atomic E-state index is -5.34. The molecule has 0 saturated carbocycles. The minimum absolute atomic E-state index is 0.0328. The van der Waals surface area contributed by atoms with Crippen LogP contribution in [0.15, 0.2) is 48.5 Å². The van der Waals surface area contributed by atoms with Gasteiger partial charge in [0, 0.05) is 38.1 Å². The van der Waals surface area contributed by atoms with E-state index in [1.54, 1.807) is 12.1 Å². The molecule has 1 fully saturated rings. The van der Waals surface area contributed by atoms with Gasteiger partial charge in [0.1, 0.15) is 11.6 Å². The Morgan fingerprint density at radius 2 is 1.70 bits per heavy atom. The molecule has 8 nitrogen and oxygen atoms in total. The quantitative estimate of drug-likeness (QED) is 0.342. The first-order valence-electron chi connectivity index (χ1n) is 11.9. The van der Waals surface area contributed by atoms with E-state index in [0.29, 0.717) is 17.6 Å². The third kappa shape index (κ3) is 5.74. The van der Waals surface area contributed by atoms with Gasteiger partial charge in [0.05, 0.1) is 16.8 Å². The van der Waals surface area contributed by atoms with Crippen LogP contribution in [0.5, 0.6) is 0 Å². The van der Waals surface area contributed by atoms with E-state index in [4.69, 9.17) is 0 Å². The number of benzene rings is 2. The van der Waals surface area contributed by atoms with Crippen molar-refractivity contribution >= 4 is 22.6 Å². The maximum Gasteiger partial charge on any atom is 0.435 e. The number of carbonyl (C=O) groups is 1. The smallest absolute Gasteiger partial charge is 0.314 e. The first kappa shape index (κ1) is 27.5. The highest BCUT2D eigenvalue weighted by Gasteiger charge is 2.44. The molecule has 210 valence electrons. The zero-order valence-electron chi connectivity index (χ0n) is 20.4. The van der Waals surface area contributed by atoms with Crippen LogP contribution >= 0.6 is 0 Å². The molecular formula is C25H20F7N7O. The number of anilines is 1. The van der Waals surface area contributed by atoms with Crippen LogP contribution < -0.4 is 10.6 Å². The van der Waals surface area contributed by atoms with Crippen molar-refractivity contribution in [3.05, 3.63) is 76.9 Å². The summed E-state index contributed by atoms with van der Waals surface area (Å²) in [6.07, 6.45) is -10.6. The summed E-state index contributed by atoms with van der Waals surface area (Å²) in [5.41, 5.74) is -4.50. The summed E-state index contributed by atoms with van der Waals surface area (Å²) in [5.74, 6) is -2.81. The van der Waals surface area contributed by atoms with Crippen LogP contribution in [0, 0.1) is 5.82 Å². The number of alkyl halides is 6. The number of nitrogens with one attached hydrogen (secondary N) is 2. The molecule has 0 bridgehead atoms. The molecule has 3 heterocycles. The molecule has 0 radical (unpaired) electrons. The maximum absolute atomic E-state index is 14.0. The Hall–Kier alpha value is -4.11. The monoisotopic (exact) mass is 567 g/mol. The maximum atomic E-state index is 14.0. The second-order valence-electron chi connectivity index (χ2n) is 9.06. The minimum Gasteiger partial charge on any atom is -0.314 e. The number of nitrogens with zero attached hydrogens (tertiary/aromatic N) is 5. The molecule has 1 aliphatic rings. The van der Waals surface area contributed by atoms with Crippen LogP contribution in [0.1, 0.15) is 27.3 Å². The van der Waals surface area contributed by atoms with Crippen molar-refractivity contribution in [1.82, 2.24) is 30.2 Å². The van der Waals surface area contributed by atoms with E-state index in [1.807, 2.05) is 12.1 Å². The van der Waals surface area contributed by atoms with Crippen molar-refractivity contribution in [2.75, 3.05) is 31.5 Å². The van der Waals surface area contributed by atoms with E-state index in [2.05, 4.69) is 30.8 Å². The Morgan fingerprint density at radius 3 is 2.40 bits per heavy atom. The van der Waals surface area contributed by atoms with E-state index in [1.165, 1.54) is 6.07 Å². The number of carbonyl (C=O) groups excluding carboxylic acids is 1. The topological polar surface area (TPSA) is 88.0 Å². The number of rotatable bonds is 5. The lowest BCUT2D eigenvalue weighted by Gasteiger charge is -2.27. The van der Waals surface area contributed by atoms with Gasteiger partial charge < -0.3 is 10.6 Å². The summed E-state index contributed by atoms with van der Waals surface area (Å²) < 4.78 is 95.7. The molecule has 40 heavy (non-hydrogen) atoms. The molecular weight excluding hydrogens is 547 g/mol. The van der Waals surface area contributed by atoms with Gasteiger partial charge in [-0.3, -0.25) is 9.69 Å². The Morgan fingerprint density at radius 1 is 0.950 bits per heavy atom. The summed E-state index contributed by atoms with van der Waals surface area (Å²) in [6, 6.07) is 9.56. The molecule has 0 aliphatic carbocycles. The van der Waals surface area contributed by atoms with E-state index >= 15 is 0 Å². The Kier molecular flexibility index (Phi) is 7.18. The number of piperazine rings is 1. The Balaban J connectivity index is 1.43. The van der Waals surface area contributed by atoms with Crippen LogP contribution in [-0.4, -0.2) is 57.0 Å². The molecule has 2 aromatic carbocycles. The van der Waals surface area contributed by atoms with Gasteiger partial charge >= 0.3 is 12.4 Å². The molecule has 0 unspecified atom stereocenters. The van der Waals surface area contributed by atoms with Crippen LogP contribution in [0.25, 0.3) is 16.6 Å². The summed E-state index contributed by atoms with van der Waals surface area (Å²) >= 11 is 0. The molecule has 2 aromatic heterocycles. The van der Waals surface area contributed by atoms with Gasteiger partial charge in [-0.05, 0) is 48.0 Å². The van der Waals surface area contributed by atoms with Crippen LogP contribution in [-0.2, 0) is 18.9 Å². The van der Waals surface area contributed by atoms with Gasteiger partial charge in [-0.2, -0.15) is 26.3 Å². The lowest BCUT2D eigenvalue weighted by molar-refractivity contribution is -0.145. The highest BCUT2D eigenvalue weighted by atomic mass is 19.4. The SMILES string of the molecule is O=C(Nc1ccc2cc(CN3CCNCC3)ccc2n1)c1nnn(-c2ccc(F)cc2C(F)(F)F)c1C(F)(F)F. The predicted octanol–water partition coefficient (Wildman–Crippen LogP) is 4.65. The molecule has 0 spiro atoms. The number of fused-ring (bicyclic) bond motifs is 1. The first-order chi connectivity index (χ1) is 18.9. The van der Waals surface area contributed by atoms with E-state index in [9.17, 15) is 35.5 Å². The van der Waals surface area contributed by atoms with Gasteiger partial charge in [-0.25, -0.2) is 14.1 Å². The van der Waals surface area contributed by atoms with Crippen LogP contribution in [0.4, 0.5) is 36.6 Å². The molecule has 1 aliphatic heterocycles. The van der Waals surface area contributed by atoms with E-state index < -0.39 is 46.7 Å². The summed E-state index contributed by atoms with van der Waals surface area (Å²) in [4.78, 5) is 19.4. The van der Waals surface area contributed by atoms with Crippen molar-refractivity contribution in [2.24, 2.45) is 0 Å². The third-order valence-electron chi connectivity index (χ3n) is 6.26. The highest BCUT2D eigenvalue weighted by molar-refractivity contribution is 6.03. The number of halogens is 7. The average molecular weight is 567 g/mol. The Bertz CT molecular complexity index is 1560. The summed E-state index contributed by atoms with van der Waals surface area (Å²) in [5, 5.41) is 12.6. The molecule has 0 atom stereocenters. The van der Waals surface area contributed by atoms with E-state index in [-0.39, 0.29) is 16.6 Å². The van der Waals surface area contributed by atoms with Crippen molar-refractivity contribution in [3.8, 4) is 5.69 Å². The lowest BCUT2D eigenvalue weighted by atomic mass is 10.1. The van der Waals surface area contributed by atoms with Gasteiger partial charge in [-0.1, -0.05) is 11.3 Å². The fourth-order valence-corrected chi connectivity index (χ4v) is 4.42. The van der Waals surface area contributed by atoms with Gasteiger partial charge in [0.15, 0.2) is 11.4 Å². The largest absolute Gasteiger partial charge is 0.435 e. The molecule has 1 amide bonds. The fourth-order valence-electron chi connectivity index (χ4n) is 4.42. The van der Waals surface area contributed by atoms with Gasteiger partial charge in [0.25, 0.3) is 5.91 Å². The summed E-state index contributed by atoms with van der Waals surface area (Å²) in [6.45, 7) is 4.34. The number of pyridine rings is 1. The Labute approximate surface area is 221 Å². The van der Waals surface area contributed by atoms with Crippen LogP contribution in [0.3, 0.4) is 0 Å². The number of hydrogen-bond acceptors (Lipinski definition) is 6. The standard InChI is InChI=1S/C25H20F7N7O/c26-16-3-5-19(17(12-16)24(27,28)29)39-22(25(30,31)32)21(36-37-39)23(40)35-20-6-2-15-11-14(1-4-18(15)34-20)13-38-9-7-33-8-10-38/h1-6,11-12,33H,7-10,13H2,(H,34,35,40). The molecule has 1 saturated heterocycles. The van der Waals surface area contributed by atoms with Crippen molar-refractivity contribution in [1.29, 1.82) is 0 Å². The predicted molar refractivity (Wildman–Crippen MR) is 129 cm³/mol. The highest BCUT2D eigenvalue weighted by Crippen LogP contribution is 2.38. The normalized spacial score (nSPS) is 15.0. The number of aromatic nitrogens is 4. The van der Waals surface area contributed by atoms with Gasteiger partial charge in [0.2, 0.25) is 0 Å². The second kappa shape index (κ2) is 10.5. The van der Waals surface area contributed by atoms with Crippen molar-refractivity contribution in [3.63, 3.8) is 0 Å². The molecule has 15 heteroatoms. The number of amides is 1. The van der Waals surface area contributed by atoms with Crippen LogP contribution in [0.2, 0.25) is 0 Å². The fraction of sp³-hybridized carbons (Fsp3) is 0.280.